The SMILES string of the molecule is CP(Oc1cscc1CS)Sc1cnc[nH]1. The standard InChI is InChI=1S/C9H11N2OPS3/c1-13(16-9-2-10-6-11-9)12-8-5-15-4-7(8)3-14/h2,4-6,14H,3H2,1H3,(H,10,11). The van der Waals surface area contributed by atoms with Crippen molar-refractivity contribution in [1.29, 1.82) is 0 Å². The number of rotatable bonds is 5. The summed E-state index contributed by atoms with van der Waals surface area (Å²) in [5.41, 5.74) is 1.16. The molecule has 0 aliphatic rings. The van der Waals surface area contributed by atoms with E-state index in [1.54, 1.807) is 35.2 Å². The minimum atomic E-state index is -0.585. The van der Waals surface area contributed by atoms with E-state index < -0.39 is 7.35 Å². The Morgan fingerprint density at radius 3 is 3.19 bits per heavy atom. The van der Waals surface area contributed by atoms with Gasteiger partial charge < -0.3 is 9.51 Å². The molecule has 7 heteroatoms. The van der Waals surface area contributed by atoms with Gasteiger partial charge in [-0.1, -0.05) is 0 Å². The minimum absolute atomic E-state index is 0.585. The maximum atomic E-state index is 5.89. The van der Waals surface area contributed by atoms with E-state index in [1.165, 1.54) is 0 Å². The predicted octanol–water partition coefficient (Wildman–Crippen LogP) is 4.01. The molecule has 0 amide bonds. The van der Waals surface area contributed by atoms with Gasteiger partial charge in [0.05, 0.1) is 17.6 Å². The fourth-order valence-electron chi connectivity index (χ4n) is 1.10. The number of hydrogen-bond acceptors (Lipinski definition) is 5. The second-order valence-electron chi connectivity index (χ2n) is 2.96. The molecular formula is C9H11N2OPS3. The zero-order valence-electron chi connectivity index (χ0n) is 8.58. The van der Waals surface area contributed by atoms with Crippen molar-refractivity contribution in [2.45, 2.75) is 10.8 Å². The van der Waals surface area contributed by atoms with Crippen molar-refractivity contribution in [3.05, 3.63) is 28.8 Å². The number of thiol groups is 1. The summed E-state index contributed by atoms with van der Waals surface area (Å²) >= 11 is 7.59. The highest BCUT2D eigenvalue weighted by Crippen LogP contribution is 2.51. The van der Waals surface area contributed by atoms with E-state index >= 15 is 0 Å². The lowest BCUT2D eigenvalue weighted by Gasteiger charge is -2.12. The summed E-state index contributed by atoms with van der Waals surface area (Å²) in [6, 6.07) is 0. The molecule has 1 unspecified atom stereocenters. The molecule has 2 rings (SSSR count). The van der Waals surface area contributed by atoms with Crippen LogP contribution in [0.4, 0.5) is 0 Å². The van der Waals surface area contributed by atoms with Crippen molar-refractivity contribution in [1.82, 2.24) is 9.97 Å². The monoisotopic (exact) mass is 290 g/mol. The lowest BCUT2D eigenvalue weighted by atomic mass is 10.4. The van der Waals surface area contributed by atoms with Crippen LogP contribution in [0.15, 0.2) is 28.3 Å². The van der Waals surface area contributed by atoms with Crippen molar-refractivity contribution >= 4 is 42.7 Å². The van der Waals surface area contributed by atoms with Crippen LogP contribution in [0, 0.1) is 0 Å². The summed E-state index contributed by atoms with van der Waals surface area (Å²) in [6.07, 6.45) is 3.48. The summed E-state index contributed by atoms with van der Waals surface area (Å²) in [7, 11) is -0.585. The quantitative estimate of drug-likeness (QED) is 0.645. The highest BCUT2D eigenvalue weighted by atomic mass is 32.7. The first-order valence-corrected chi connectivity index (χ1v) is 9.24. The van der Waals surface area contributed by atoms with Gasteiger partial charge in [0.15, 0.2) is 7.35 Å². The summed E-state index contributed by atoms with van der Waals surface area (Å²) in [5, 5.41) is 5.14. The molecule has 1 N–H and O–H groups in total. The van der Waals surface area contributed by atoms with Crippen LogP contribution in [0.1, 0.15) is 5.56 Å². The van der Waals surface area contributed by atoms with Gasteiger partial charge in [-0.3, -0.25) is 0 Å². The molecule has 3 nitrogen and oxygen atoms in total. The van der Waals surface area contributed by atoms with Crippen LogP contribution >= 0.6 is 42.7 Å². The Morgan fingerprint density at radius 2 is 2.50 bits per heavy atom. The number of imidazole rings is 1. The van der Waals surface area contributed by atoms with Gasteiger partial charge in [-0.2, -0.15) is 12.6 Å². The van der Waals surface area contributed by atoms with Crippen LogP contribution in [0.5, 0.6) is 5.75 Å². The minimum Gasteiger partial charge on any atom is -0.462 e. The van der Waals surface area contributed by atoms with Crippen LogP contribution in [0.2, 0.25) is 0 Å². The van der Waals surface area contributed by atoms with E-state index in [1.807, 2.05) is 5.38 Å². The highest BCUT2D eigenvalue weighted by molar-refractivity contribution is 8.54. The van der Waals surface area contributed by atoms with Gasteiger partial charge in [-0.05, 0) is 16.8 Å². The van der Waals surface area contributed by atoms with Crippen LogP contribution < -0.4 is 4.52 Å². The molecule has 0 spiro atoms. The number of aromatic amines is 1. The molecule has 86 valence electrons. The van der Waals surface area contributed by atoms with E-state index in [4.69, 9.17) is 4.52 Å². The molecule has 0 aliphatic heterocycles. The van der Waals surface area contributed by atoms with Gasteiger partial charge in [-0.15, -0.1) is 11.3 Å². The normalized spacial score (nSPS) is 12.6. The van der Waals surface area contributed by atoms with Crippen LogP contribution in [0.3, 0.4) is 0 Å². The van der Waals surface area contributed by atoms with Gasteiger partial charge in [0.1, 0.15) is 5.75 Å². The van der Waals surface area contributed by atoms with E-state index in [9.17, 15) is 0 Å². The van der Waals surface area contributed by atoms with Gasteiger partial charge in [0.2, 0.25) is 0 Å². The fraction of sp³-hybridized carbons (Fsp3) is 0.222. The van der Waals surface area contributed by atoms with Gasteiger partial charge >= 0.3 is 0 Å². The van der Waals surface area contributed by atoms with Crippen molar-refractivity contribution < 1.29 is 4.52 Å². The number of thiophene rings is 1. The molecule has 2 aromatic heterocycles. The van der Waals surface area contributed by atoms with Crippen LogP contribution in [-0.2, 0) is 5.75 Å². The summed E-state index contributed by atoms with van der Waals surface area (Å²) in [5.74, 6) is 1.68. The van der Waals surface area contributed by atoms with Gasteiger partial charge in [0.25, 0.3) is 0 Å². The number of hydrogen-bond donors (Lipinski definition) is 2. The zero-order valence-corrected chi connectivity index (χ0v) is 12.0. The molecule has 0 saturated heterocycles. The van der Waals surface area contributed by atoms with E-state index in [0.717, 1.165) is 22.1 Å². The Bertz CT molecular complexity index is 432. The molecule has 0 saturated carbocycles. The third kappa shape index (κ3) is 3.17. The molecule has 16 heavy (non-hydrogen) atoms. The molecule has 0 bridgehead atoms. The van der Waals surface area contributed by atoms with Gasteiger partial charge in [-0.25, -0.2) is 4.98 Å². The lowest BCUT2D eigenvalue weighted by Crippen LogP contribution is -1.84. The maximum Gasteiger partial charge on any atom is 0.151 e. The summed E-state index contributed by atoms with van der Waals surface area (Å²) in [4.78, 5) is 7.03. The van der Waals surface area contributed by atoms with Crippen molar-refractivity contribution in [2.24, 2.45) is 0 Å². The Labute approximate surface area is 109 Å². The average molecular weight is 290 g/mol. The Hall–Kier alpha value is -0.160. The molecule has 0 fully saturated rings. The first-order valence-electron chi connectivity index (χ1n) is 4.53. The molecule has 0 aromatic carbocycles. The van der Waals surface area contributed by atoms with E-state index in [-0.39, 0.29) is 0 Å². The van der Waals surface area contributed by atoms with Crippen molar-refractivity contribution in [2.75, 3.05) is 6.66 Å². The predicted molar refractivity (Wildman–Crippen MR) is 74.9 cm³/mol. The Morgan fingerprint density at radius 1 is 1.62 bits per heavy atom. The topological polar surface area (TPSA) is 37.9 Å². The smallest absolute Gasteiger partial charge is 0.151 e. The fourth-order valence-corrected chi connectivity index (χ4v) is 4.75. The number of aromatic nitrogens is 2. The first-order chi connectivity index (χ1) is 7.79. The van der Waals surface area contributed by atoms with E-state index in [0.29, 0.717) is 0 Å². The second-order valence-corrected chi connectivity index (χ2v) is 7.79. The molecule has 2 heterocycles. The summed E-state index contributed by atoms with van der Waals surface area (Å²) < 4.78 is 5.89. The number of nitrogens with one attached hydrogen (secondary N) is 1. The Balaban J connectivity index is 1.94. The largest absolute Gasteiger partial charge is 0.462 e. The number of H-pyrrole nitrogens is 1. The molecule has 2 aromatic rings. The van der Waals surface area contributed by atoms with Crippen molar-refractivity contribution in [3.63, 3.8) is 0 Å². The first kappa shape index (κ1) is 12.3. The maximum absolute atomic E-state index is 5.89. The van der Waals surface area contributed by atoms with Crippen molar-refractivity contribution in [3.8, 4) is 5.75 Å². The molecule has 1 atom stereocenters. The molecular weight excluding hydrogens is 279 g/mol. The third-order valence-electron chi connectivity index (χ3n) is 1.80. The molecule has 0 radical (unpaired) electrons. The van der Waals surface area contributed by atoms with E-state index in [2.05, 4.69) is 34.6 Å². The van der Waals surface area contributed by atoms with Crippen LogP contribution in [0.25, 0.3) is 0 Å². The lowest BCUT2D eigenvalue weighted by molar-refractivity contribution is 0.629. The second kappa shape index (κ2) is 5.96. The van der Waals surface area contributed by atoms with Crippen LogP contribution in [-0.4, -0.2) is 16.6 Å². The Kier molecular flexibility index (Phi) is 4.58. The highest BCUT2D eigenvalue weighted by Gasteiger charge is 2.11. The summed E-state index contributed by atoms with van der Waals surface area (Å²) in [6.45, 7) is 2.08. The number of nitrogens with zero attached hydrogens (tertiary/aromatic N) is 1. The van der Waals surface area contributed by atoms with Gasteiger partial charge in [0, 0.05) is 23.4 Å². The average Bonchev–Trinajstić information content (AvgIpc) is 2.88. The third-order valence-corrected chi connectivity index (χ3v) is 5.63. The zero-order chi connectivity index (χ0) is 11.4. The molecule has 0 aliphatic carbocycles.